The Labute approximate surface area is 125 Å². The Balaban J connectivity index is 2.51. The average Bonchev–Trinajstić information content (AvgIpc) is 2.42. The van der Waals surface area contributed by atoms with E-state index in [9.17, 15) is 17.6 Å². The highest BCUT2D eigenvalue weighted by molar-refractivity contribution is 9.10. The van der Waals surface area contributed by atoms with Crippen molar-refractivity contribution in [3.63, 3.8) is 0 Å². The van der Waals surface area contributed by atoms with Crippen molar-refractivity contribution in [2.45, 2.75) is 6.18 Å². The number of hydrogen-bond acceptors (Lipinski definition) is 3. The highest BCUT2D eigenvalue weighted by atomic mass is 79.9. The Morgan fingerprint density at radius 2 is 1.90 bits per heavy atom. The molecule has 1 heterocycles. The zero-order valence-electron chi connectivity index (χ0n) is 10.2. The second-order valence-electron chi connectivity index (χ2n) is 3.92. The number of rotatable bonds is 2. The van der Waals surface area contributed by atoms with E-state index in [-0.39, 0.29) is 17.1 Å². The van der Waals surface area contributed by atoms with Gasteiger partial charge in [0.15, 0.2) is 0 Å². The van der Waals surface area contributed by atoms with Crippen LogP contribution in [0.3, 0.4) is 0 Å². The molecule has 1 aromatic heterocycles. The highest BCUT2D eigenvalue weighted by Crippen LogP contribution is 2.32. The maximum Gasteiger partial charge on any atom is 0.433 e. The SMILES string of the molecule is N#Cc1ccc(C(F)(F)F)nc1Nc1c(F)cccc1Br. The zero-order chi connectivity index (χ0) is 15.6. The molecule has 108 valence electrons. The van der Waals surface area contributed by atoms with Crippen LogP contribution in [0, 0.1) is 17.1 Å². The number of nitrogens with one attached hydrogen (secondary N) is 1. The summed E-state index contributed by atoms with van der Waals surface area (Å²) in [4.78, 5) is 3.35. The summed E-state index contributed by atoms with van der Waals surface area (Å²) in [6, 6.07) is 7.44. The molecule has 0 atom stereocenters. The third-order valence-electron chi connectivity index (χ3n) is 2.51. The number of halogens is 5. The molecule has 1 N–H and O–H groups in total. The molecular weight excluding hydrogens is 354 g/mol. The predicted octanol–water partition coefficient (Wildman–Crippen LogP) is 4.62. The number of nitrogens with zero attached hydrogens (tertiary/aromatic N) is 2. The van der Waals surface area contributed by atoms with E-state index in [2.05, 4.69) is 26.2 Å². The first kappa shape index (κ1) is 15.3. The second-order valence-corrected chi connectivity index (χ2v) is 4.78. The van der Waals surface area contributed by atoms with Gasteiger partial charge in [-0.1, -0.05) is 6.07 Å². The minimum atomic E-state index is -4.66. The van der Waals surface area contributed by atoms with Gasteiger partial charge in [0.05, 0.1) is 11.3 Å². The zero-order valence-corrected chi connectivity index (χ0v) is 11.8. The van der Waals surface area contributed by atoms with Crippen LogP contribution in [-0.4, -0.2) is 4.98 Å². The van der Waals surface area contributed by atoms with Crippen molar-refractivity contribution in [2.24, 2.45) is 0 Å². The lowest BCUT2D eigenvalue weighted by Gasteiger charge is -2.12. The van der Waals surface area contributed by atoms with Gasteiger partial charge in [-0.05, 0) is 40.2 Å². The molecule has 0 radical (unpaired) electrons. The Hall–Kier alpha value is -2.14. The van der Waals surface area contributed by atoms with Gasteiger partial charge >= 0.3 is 6.18 Å². The van der Waals surface area contributed by atoms with Crippen LogP contribution >= 0.6 is 15.9 Å². The molecule has 0 aliphatic carbocycles. The minimum absolute atomic E-state index is 0.0965. The van der Waals surface area contributed by atoms with Crippen molar-refractivity contribution in [1.82, 2.24) is 4.98 Å². The van der Waals surface area contributed by atoms with Crippen molar-refractivity contribution < 1.29 is 17.6 Å². The fourth-order valence-corrected chi connectivity index (χ4v) is 1.98. The van der Waals surface area contributed by atoms with Crippen LogP contribution < -0.4 is 5.32 Å². The van der Waals surface area contributed by atoms with Crippen LogP contribution in [0.4, 0.5) is 29.1 Å². The first-order valence-electron chi connectivity index (χ1n) is 5.52. The van der Waals surface area contributed by atoms with E-state index in [1.165, 1.54) is 12.1 Å². The van der Waals surface area contributed by atoms with E-state index in [0.717, 1.165) is 12.1 Å². The molecule has 0 aliphatic rings. The van der Waals surface area contributed by atoms with Gasteiger partial charge in [0, 0.05) is 4.47 Å². The van der Waals surface area contributed by atoms with E-state index in [0.29, 0.717) is 10.5 Å². The van der Waals surface area contributed by atoms with Crippen LogP contribution in [0.5, 0.6) is 0 Å². The van der Waals surface area contributed by atoms with Gasteiger partial charge in [-0.15, -0.1) is 0 Å². The number of anilines is 2. The van der Waals surface area contributed by atoms with Crippen molar-refractivity contribution in [3.8, 4) is 6.07 Å². The van der Waals surface area contributed by atoms with Gasteiger partial charge < -0.3 is 5.32 Å². The third-order valence-corrected chi connectivity index (χ3v) is 3.17. The summed E-state index contributed by atoms with van der Waals surface area (Å²) < 4.78 is 51.9. The molecule has 0 unspecified atom stereocenters. The van der Waals surface area contributed by atoms with Crippen LogP contribution in [-0.2, 0) is 6.18 Å². The monoisotopic (exact) mass is 359 g/mol. The van der Waals surface area contributed by atoms with Crippen molar-refractivity contribution in [2.75, 3.05) is 5.32 Å². The molecule has 21 heavy (non-hydrogen) atoms. The van der Waals surface area contributed by atoms with E-state index >= 15 is 0 Å². The summed E-state index contributed by atoms with van der Waals surface area (Å²) in [5, 5.41) is 11.3. The Morgan fingerprint density at radius 3 is 2.48 bits per heavy atom. The molecule has 0 spiro atoms. The van der Waals surface area contributed by atoms with Gasteiger partial charge in [0.1, 0.15) is 23.4 Å². The molecule has 0 saturated carbocycles. The Kier molecular flexibility index (Phi) is 4.14. The molecule has 8 heteroatoms. The molecule has 0 amide bonds. The lowest BCUT2D eigenvalue weighted by molar-refractivity contribution is -0.141. The molecule has 2 rings (SSSR count). The molecule has 0 aliphatic heterocycles. The van der Waals surface area contributed by atoms with Gasteiger partial charge in [0.2, 0.25) is 0 Å². The lowest BCUT2D eigenvalue weighted by atomic mass is 10.2. The number of para-hydroxylation sites is 1. The Bertz CT molecular complexity index is 702. The van der Waals surface area contributed by atoms with Crippen molar-refractivity contribution in [3.05, 3.63) is 51.9 Å². The van der Waals surface area contributed by atoms with Gasteiger partial charge in [0.25, 0.3) is 0 Å². The molecule has 0 bridgehead atoms. The highest BCUT2D eigenvalue weighted by Gasteiger charge is 2.33. The van der Waals surface area contributed by atoms with E-state index in [4.69, 9.17) is 5.26 Å². The summed E-state index contributed by atoms with van der Waals surface area (Å²) in [7, 11) is 0. The van der Waals surface area contributed by atoms with Gasteiger partial charge in [-0.3, -0.25) is 0 Å². The third kappa shape index (κ3) is 3.31. The topological polar surface area (TPSA) is 48.7 Å². The maximum absolute atomic E-state index is 13.7. The van der Waals surface area contributed by atoms with E-state index < -0.39 is 17.7 Å². The average molecular weight is 360 g/mol. The molecular formula is C13H6BrF4N3. The predicted molar refractivity (Wildman–Crippen MR) is 71.3 cm³/mol. The second kappa shape index (κ2) is 5.69. The molecule has 3 nitrogen and oxygen atoms in total. The summed E-state index contributed by atoms with van der Waals surface area (Å²) in [5.41, 5.74) is -1.39. The summed E-state index contributed by atoms with van der Waals surface area (Å²) >= 11 is 3.07. The Morgan fingerprint density at radius 1 is 1.19 bits per heavy atom. The number of pyridine rings is 1. The molecule has 2 aromatic rings. The first-order valence-corrected chi connectivity index (χ1v) is 6.31. The minimum Gasteiger partial charge on any atom is -0.336 e. The normalized spacial score (nSPS) is 11.0. The summed E-state index contributed by atoms with van der Waals surface area (Å²) in [6.45, 7) is 0. The fraction of sp³-hybridized carbons (Fsp3) is 0.0769. The number of nitriles is 1. The van der Waals surface area contributed by atoms with Crippen molar-refractivity contribution in [1.29, 1.82) is 5.26 Å². The van der Waals surface area contributed by atoms with E-state index in [1.54, 1.807) is 6.07 Å². The molecule has 0 fully saturated rings. The smallest absolute Gasteiger partial charge is 0.336 e. The number of hydrogen-bond donors (Lipinski definition) is 1. The largest absolute Gasteiger partial charge is 0.433 e. The number of alkyl halides is 3. The first-order chi connectivity index (χ1) is 9.82. The summed E-state index contributed by atoms with van der Waals surface area (Å²) in [5.74, 6) is -1.05. The fourth-order valence-electron chi connectivity index (χ4n) is 1.54. The van der Waals surface area contributed by atoms with Crippen molar-refractivity contribution >= 4 is 27.4 Å². The van der Waals surface area contributed by atoms with Gasteiger partial charge in [-0.2, -0.15) is 18.4 Å². The molecule has 1 aromatic carbocycles. The van der Waals surface area contributed by atoms with Crippen LogP contribution in [0.25, 0.3) is 0 Å². The van der Waals surface area contributed by atoms with Crippen LogP contribution in [0.2, 0.25) is 0 Å². The quantitative estimate of drug-likeness (QED) is 0.796. The van der Waals surface area contributed by atoms with Gasteiger partial charge in [-0.25, -0.2) is 9.37 Å². The van der Waals surface area contributed by atoms with E-state index in [1.807, 2.05) is 0 Å². The molecule has 0 saturated heterocycles. The summed E-state index contributed by atoms with van der Waals surface area (Å²) in [6.07, 6.45) is -4.66. The number of benzene rings is 1. The van der Waals surface area contributed by atoms with Crippen LogP contribution in [0.1, 0.15) is 11.3 Å². The standard InChI is InChI=1S/C13H6BrF4N3/c14-8-2-1-3-9(15)11(8)21-12-7(6-19)4-5-10(20-12)13(16,17)18/h1-5H,(H,20,21). The lowest BCUT2D eigenvalue weighted by Crippen LogP contribution is -2.10. The van der Waals surface area contributed by atoms with Crippen LogP contribution in [0.15, 0.2) is 34.8 Å². The number of aromatic nitrogens is 1. The maximum atomic E-state index is 13.7.